The van der Waals surface area contributed by atoms with Crippen molar-refractivity contribution in [3.8, 4) is 0 Å². The van der Waals surface area contributed by atoms with Gasteiger partial charge in [-0.05, 0) is 49.2 Å². The highest BCUT2D eigenvalue weighted by Gasteiger charge is 2.15. The number of nitrogens with zero attached hydrogens (tertiary/aromatic N) is 2. The molecule has 1 saturated heterocycles. The lowest BCUT2D eigenvalue weighted by Gasteiger charge is -2.17. The van der Waals surface area contributed by atoms with E-state index in [1.54, 1.807) is 6.07 Å². The summed E-state index contributed by atoms with van der Waals surface area (Å²) in [7, 11) is 0. The average molecular weight is 360 g/mol. The average Bonchev–Trinajstić information content (AvgIpc) is 3.15. The number of aromatic nitrogens is 1. The topological polar surface area (TPSA) is 71.5 Å². The number of benzene rings is 1. The monoisotopic (exact) mass is 359 g/mol. The van der Waals surface area contributed by atoms with Gasteiger partial charge in [-0.25, -0.2) is 9.78 Å². The molecule has 3 rings (SSSR count). The number of anilines is 2. The van der Waals surface area contributed by atoms with Gasteiger partial charge in [-0.2, -0.15) is 0 Å². The van der Waals surface area contributed by atoms with Crippen LogP contribution in [0.25, 0.3) is 0 Å². The van der Waals surface area contributed by atoms with Crippen LogP contribution in [-0.4, -0.2) is 36.6 Å². The van der Waals surface area contributed by atoms with Crippen molar-refractivity contribution in [3.63, 3.8) is 0 Å². The minimum Gasteiger partial charge on any atom is -0.452 e. The second kappa shape index (κ2) is 7.98. The molecule has 1 amide bonds. The number of pyridine rings is 1. The number of amides is 1. The maximum Gasteiger partial charge on any atom is 0.341 e. The Labute approximate surface area is 150 Å². The standard InChI is InChI=1S/C18H18ClN3O3/c19-17-15(4-3-9-20-17)18(24)25-12-16(23)21-13-5-7-14(8-6-13)22-10-1-2-11-22/h3-9H,1-2,10-12H2,(H,21,23). The van der Waals surface area contributed by atoms with E-state index < -0.39 is 18.5 Å². The number of ether oxygens (including phenoxy) is 1. The molecule has 1 aliphatic heterocycles. The summed E-state index contributed by atoms with van der Waals surface area (Å²) in [5.74, 6) is -1.10. The number of halogens is 1. The first kappa shape index (κ1) is 17.2. The summed E-state index contributed by atoms with van der Waals surface area (Å²) < 4.78 is 4.96. The summed E-state index contributed by atoms with van der Waals surface area (Å²) in [5.41, 5.74) is 1.93. The van der Waals surface area contributed by atoms with Crippen molar-refractivity contribution in [2.45, 2.75) is 12.8 Å². The van der Waals surface area contributed by atoms with Crippen molar-refractivity contribution in [1.82, 2.24) is 4.98 Å². The first-order valence-electron chi connectivity index (χ1n) is 8.06. The quantitative estimate of drug-likeness (QED) is 0.656. The molecule has 0 radical (unpaired) electrons. The fourth-order valence-corrected chi connectivity index (χ4v) is 2.87. The molecular weight excluding hydrogens is 342 g/mol. The van der Waals surface area contributed by atoms with E-state index in [1.807, 2.05) is 24.3 Å². The van der Waals surface area contributed by atoms with Crippen LogP contribution < -0.4 is 10.2 Å². The number of rotatable bonds is 5. The van der Waals surface area contributed by atoms with E-state index in [0.717, 1.165) is 18.8 Å². The predicted molar refractivity (Wildman–Crippen MR) is 96.0 cm³/mol. The Kier molecular flexibility index (Phi) is 5.50. The molecule has 1 aromatic heterocycles. The summed E-state index contributed by atoms with van der Waals surface area (Å²) in [6, 6.07) is 10.7. The van der Waals surface area contributed by atoms with Crippen LogP contribution in [0.4, 0.5) is 11.4 Å². The van der Waals surface area contributed by atoms with Crippen molar-refractivity contribution in [2.24, 2.45) is 0 Å². The normalized spacial score (nSPS) is 13.6. The molecule has 1 aliphatic rings. The fourth-order valence-electron chi connectivity index (χ4n) is 2.68. The number of carbonyl (C=O) groups is 2. The van der Waals surface area contributed by atoms with Gasteiger partial charge in [-0.3, -0.25) is 4.79 Å². The number of nitrogens with one attached hydrogen (secondary N) is 1. The van der Waals surface area contributed by atoms with Gasteiger partial charge in [-0.15, -0.1) is 0 Å². The maximum absolute atomic E-state index is 11.9. The molecule has 2 heterocycles. The highest BCUT2D eigenvalue weighted by molar-refractivity contribution is 6.32. The summed E-state index contributed by atoms with van der Waals surface area (Å²) >= 11 is 5.82. The van der Waals surface area contributed by atoms with E-state index in [-0.39, 0.29) is 10.7 Å². The van der Waals surface area contributed by atoms with Crippen LogP contribution in [0.2, 0.25) is 5.15 Å². The lowest BCUT2D eigenvalue weighted by molar-refractivity contribution is -0.119. The van der Waals surface area contributed by atoms with E-state index in [2.05, 4.69) is 15.2 Å². The van der Waals surface area contributed by atoms with Gasteiger partial charge in [0, 0.05) is 30.7 Å². The molecule has 6 nitrogen and oxygen atoms in total. The van der Waals surface area contributed by atoms with Crippen LogP contribution >= 0.6 is 11.6 Å². The SMILES string of the molecule is O=C(COC(=O)c1cccnc1Cl)Nc1ccc(N2CCCC2)cc1. The Hall–Kier alpha value is -2.60. The summed E-state index contributed by atoms with van der Waals surface area (Å²) in [6.45, 7) is 1.75. The highest BCUT2D eigenvalue weighted by atomic mass is 35.5. The summed E-state index contributed by atoms with van der Waals surface area (Å²) in [5, 5.41) is 2.74. The minimum absolute atomic E-state index is 0.0467. The second-order valence-electron chi connectivity index (χ2n) is 5.71. The molecule has 0 bridgehead atoms. The Morgan fingerprint density at radius 1 is 1.16 bits per heavy atom. The molecule has 1 N–H and O–H groups in total. The molecule has 0 aliphatic carbocycles. The zero-order valence-corrected chi connectivity index (χ0v) is 14.3. The third-order valence-corrected chi connectivity index (χ3v) is 4.24. The smallest absolute Gasteiger partial charge is 0.341 e. The van der Waals surface area contributed by atoms with Crippen molar-refractivity contribution in [1.29, 1.82) is 0 Å². The Bertz CT molecular complexity index is 758. The maximum atomic E-state index is 11.9. The Morgan fingerprint density at radius 3 is 2.56 bits per heavy atom. The van der Waals surface area contributed by atoms with Crippen molar-refractivity contribution in [2.75, 3.05) is 29.9 Å². The molecule has 2 aromatic rings. The molecular formula is C18H18ClN3O3. The van der Waals surface area contributed by atoms with E-state index in [1.165, 1.54) is 25.1 Å². The Balaban J connectivity index is 1.50. The third-order valence-electron chi connectivity index (χ3n) is 3.94. The zero-order chi connectivity index (χ0) is 17.6. The van der Waals surface area contributed by atoms with Crippen LogP contribution in [0.1, 0.15) is 23.2 Å². The van der Waals surface area contributed by atoms with Gasteiger partial charge < -0.3 is 15.0 Å². The molecule has 0 unspecified atom stereocenters. The van der Waals surface area contributed by atoms with Crippen LogP contribution in [0, 0.1) is 0 Å². The summed E-state index contributed by atoms with van der Waals surface area (Å²) in [4.78, 5) is 29.9. The first-order valence-corrected chi connectivity index (χ1v) is 8.44. The molecule has 0 atom stereocenters. The predicted octanol–water partition coefficient (Wildman–Crippen LogP) is 3.13. The third kappa shape index (κ3) is 4.48. The van der Waals surface area contributed by atoms with Gasteiger partial charge in [0.1, 0.15) is 5.15 Å². The molecule has 1 fully saturated rings. The van der Waals surface area contributed by atoms with E-state index >= 15 is 0 Å². The molecule has 25 heavy (non-hydrogen) atoms. The first-order chi connectivity index (χ1) is 12.1. The number of hydrogen-bond donors (Lipinski definition) is 1. The number of carbonyl (C=O) groups excluding carboxylic acids is 2. The lowest BCUT2D eigenvalue weighted by atomic mass is 10.2. The second-order valence-corrected chi connectivity index (χ2v) is 6.07. The minimum atomic E-state index is -0.683. The molecule has 7 heteroatoms. The van der Waals surface area contributed by atoms with Gasteiger partial charge in [0.25, 0.3) is 5.91 Å². The van der Waals surface area contributed by atoms with Crippen molar-refractivity contribution in [3.05, 3.63) is 53.3 Å². The fraction of sp³-hybridized carbons (Fsp3) is 0.278. The van der Waals surface area contributed by atoms with Crippen molar-refractivity contribution >= 4 is 34.9 Å². The van der Waals surface area contributed by atoms with Crippen molar-refractivity contribution < 1.29 is 14.3 Å². The van der Waals surface area contributed by atoms with Gasteiger partial charge >= 0.3 is 5.97 Å². The van der Waals surface area contributed by atoms with E-state index in [9.17, 15) is 9.59 Å². The molecule has 1 aromatic carbocycles. The summed E-state index contributed by atoms with van der Waals surface area (Å²) in [6.07, 6.45) is 3.90. The van der Waals surface area contributed by atoms with E-state index in [0.29, 0.717) is 5.69 Å². The number of hydrogen-bond acceptors (Lipinski definition) is 5. The van der Waals surface area contributed by atoms with Crippen LogP contribution in [-0.2, 0) is 9.53 Å². The molecule has 0 spiro atoms. The molecule has 0 saturated carbocycles. The lowest BCUT2D eigenvalue weighted by Crippen LogP contribution is -2.21. The number of esters is 1. The Morgan fingerprint density at radius 2 is 1.88 bits per heavy atom. The van der Waals surface area contributed by atoms with Gasteiger partial charge in [0.15, 0.2) is 6.61 Å². The largest absolute Gasteiger partial charge is 0.452 e. The van der Waals surface area contributed by atoms with Gasteiger partial charge in [0.05, 0.1) is 5.56 Å². The van der Waals surface area contributed by atoms with Crippen LogP contribution in [0.15, 0.2) is 42.6 Å². The van der Waals surface area contributed by atoms with Crippen LogP contribution in [0.5, 0.6) is 0 Å². The van der Waals surface area contributed by atoms with Gasteiger partial charge in [-0.1, -0.05) is 11.6 Å². The zero-order valence-electron chi connectivity index (χ0n) is 13.6. The van der Waals surface area contributed by atoms with E-state index in [4.69, 9.17) is 16.3 Å². The van der Waals surface area contributed by atoms with Crippen LogP contribution in [0.3, 0.4) is 0 Å². The van der Waals surface area contributed by atoms with Gasteiger partial charge in [0.2, 0.25) is 0 Å². The highest BCUT2D eigenvalue weighted by Crippen LogP contribution is 2.22. The molecule has 130 valence electrons.